The summed E-state index contributed by atoms with van der Waals surface area (Å²) in [7, 11) is 1.33. The minimum atomic E-state index is -0.440. The van der Waals surface area contributed by atoms with E-state index in [1.807, 2.05) is 6.92 Å². The third-order valence-electron chi connectivity index (χ3n) is 0.120. The first-order chi connectivity index (χ1) is 2.41. The van der Waals surface area contributed by atoms with Gasteiger partial charge in [0, 0.05) is 0 Å². The van der Waals surface area contributed by atoms with E-state index in [1.54, 1.807) is 0 Å². The van der Waals surface area contributed by atoms with Crippen LogP contribution < -0.4 is 0 Å². The van der Waals surface area contributed by atoms with Crippen molar-refractivity contribution in [1.82, 2.24) is 0 Å². The Morgan fingerprint density at radius 2 is 2.60 bits per heavy atom. The second kappa shape index (κ2) is 5.02. The Morgan fingerprint density at radius 1 is 2.00 bits per heavy atom. The summed E-state index contributed by atoms with van der Waals surface area (Å²) in [5.74, 6) is 0.899. The van der Waals surface area contributed by atoms with Crippen molar-refractivity contribution in [3.63, 3.8) is 0 Å². The zero-order chi connectivity index (χ0) is 4.12. The Kier molecular flexibility index (Phi) is 6.04. The van der Waals surface area contributed by atoms with Crippen molar-refractivity contribution >= 4 is 9.23 Å². The molecule has 37 valence electrons. The second-order valence-electron chi connectivity index (χ2n) is 0.422. The van der Waals surface area contributed by atoms with E-state index in [9.17, 15) is 3.02 Å². The third kappa shape index (κ3) is 5.02. The number of rotatable bonds is 2. The van der Waals surface area contributed by atoms with Gasteiger partial charge in [-0.25, -0.2) is 0 Å². The minimum absolute atomic E-state index is 0.440. The Hall–Kier alpha value is 1.02. The van der Waals surface area contributed by atoms with Crippen molar-refractivity contribution in [2.75, 3.05) is 5.75 Å². The van der Waals surface area contributed by atoms with Crippen LogP contribution in [0.5, 0.6) is 0 Å². The molecule has 0 saturated carbocycles. The van der Waals surface area contributed by atoms with E-state index in [4.69, 9.17) is 0 Å². The summed E-state index contributed by atoms with van der Waals surface area (Å²) >= 11 is -0.440. The summed E-state index contributed by atoms with van der Waals surface area (Å²) in [4.78, 5) is 0. The van der Waals surface area contributed by atoms with E-state index in [2.05, 4.69) is 0 Å². The molecular weight excluding hydrogens is 183 g/mol. The average molecular weight is 188 g/mol. The first kappa shape index (κ1) is 6.02. The van der Waals surface area contributed by atoms with E-state index in [0.717, 1.165) is 5.75 Å². The average Bonchev–Trinajstić information content (AvgIpc) is 1.41. The first-order valence-electron chi connectivity index (χ1n) is 1.23. The van der Waals surface area contributed by atoms with Gasteiger partial charge in [0.15, 0.2) is 0 Å². The molecule has 0 aliphatic carbocycles. The number of hydrogen-bond donors (Lipinski definition) is 0. The zero-order valence-corrected chi connectivity index (χ0v) is 5.09. The molecule has 0 saturated heterocycles. The van der Waals surface area contributed by atoms with Crippen molar-refractivity contribution in [2.24, 2.45) is 0 Å². The normalized spacial score (nSPS) is 9.20. The van der Waals surface area contributed by atoms with Crippen LogP contribution in [-0.4, -0.2) is 5.75 Å². The molecule has 0 aliphatic heterocycles. The predicted octanol–water partition coefficient (Wildman–Crippen LogP) is 1.62. The van der Waals surface area contributed by atoms with Gasteiger partial charge in [-0.1, -0.05) is 0 Å². The van der Waals surface area contributed by atoms with Crippen molar-refractivity contribution < 1.29 is 22.0 Å². The number of halogens is 1. The Bertz CT molecular complexity index is 17.1. The Morgan fingerprint density at radius 3 is 2.60 bits per heavy atom. The van der Waals surface area contributed by atoms with Gasteiger partial charge in [-0.05, 0) is 0 Å². The van der Waals surface area contributed by atoms with Crippen LogP contribution in [-0.2, 0) is 19.0 Å². The first-order valence-corrected chi connectivity index (χ1v) is 4.43. The maximum atomic E-state index is 11.0. The SMILES string of the molecule is CC[S][Ag][F]. The summed E-state index contributed by atoms with van der Waals surface area (Å²) in [5.41, 5.74) is 0. The zero-order valence-electron chi connectivity index (χ0n) is 2.79. The molecule has 0 rings (SSSR count). The fourth-order valence-corrected chi connectivity index (χ4v) is 0.584. The molecule has 0 spiro atoms. The molecular formula is C2H5AgFS. The topological polar surface area (TPSA) is 0 Å². The van der Waals surface area contributed by atoms with Gasteiger partial charge in [0.2, 0.25) is 0 Å². The standard InChI is InChI=1S/C2H6S.Ag.FH/c1-2-3;;/h3H,2H2,1H3;;1H/q;+2;/p-2. The Labute approximate surface area is 44.1 Å². The number of hydrogen-bond acceptors (Lipinski definition) is 1. The molecule has 0 N–H and O–H groups in total. The molecule has 0 nitrogen and oxygen atoms in total. The van der Waals surface area contributed by atoms with E-state index in [0.29, 0.717) is 0 Å². The van der Waals surface area contributed by atoms with Crippen LogP contribution >= 0.6 is 9.23 Å². The van der Waals surface area contributed by atoms with E-state index in [1.165, 1.54) is 9.23 Å². The monoisotopic (exact) mass is 187 g/mol. The van der Waals surface area contributed by atoms with Crippen molar-refractivity contribution in [1.29, 1.82) is 0 Å². The van der Waals surface area contributed by atoms with Gasteiger partial charge in [0.1, 0.15) is 0 Å². The molecule has 0 heterocycles. The Balaban J connectivity index is 2.19. The van der Waals surface area contributed by atoms with Crippen molar-refractivity contribution in [2.45, 2.75) is 6.92 Å². The molecule has 0 aromatic carbocycles. The van der Waals surface area contributed by atoms with Crippen molar-refractivity contribution in [3.05, 3.63) is 0 Å². The van der Waals surface area contributed by atoms with Crippen LogP contribution in [0.1, 0.15) is 6.92 Å². The van der Waals surface area contributed by atoms with Crippen molar-refractivity contribution in [3.8, 4) is 0 Å². The molecule has 0 atom stereocenters. The molecule has 0 aromatic heterocycles. The van der Waals surface area contributed by atoms with Crippen LogP contribution in [0.25, 0.3) is 0 Å². The van der Waals surface area contributed by atoms with E-state index < -0.39 is 19.0 Å². The van der Waals surface area contributed by atoms with E-state index >= 15 is 0 Å². The van der Waals surface area contributed by atoms with Gasteiger partial charge in [-0.3, -0.25) is 0 Å². The molecule has 0 aliphatic rings. The van der Waals surface area contributed by atoms with Crippen LogP contribution in [0.4, 0.5) is 3.02 Å². The van der Waals surface area contributed by atoms with Crippen LogP contribution in [0.3, 0.4) is 0 Å². The van der Waals surface area contributed by atoms with Gasteiger partial charge in [0.25, 0.3) is 0 Å². The van der Waals surface area contributed by atoms with E-state index in [-0.39, 0.29) is 0 Å². The molecule has 0 fully saturated rings. The molecule has 3 heteroatoms. The molecule has 0 amide bonds. The van der Waals surface area contributed by atoms with Crippen LogP contribution in [0.15, 0.2) is 0 Å². The fraction of sp³-hybridized carbons (Fsp3) is 1.00. The van der Waals surface area contributed by atoms with Crippen LogP contribution in [0, 0.1) is 0 Å². The predicted molar refractivity (Wildman–Crippen MR) is 19.2 cm³/mol. The van der Waals surface area contributed by atoms with Gasteiger partial charge in [-0.15, -0.1) is 0 Å². The summed E-state index contributed by atoms with van der Waals surface area (Å²) in [5, 5.41) is 0. The summed E-state index contributed by atoms with van der Waals surface area (Å²) in [6.45, 7) is 1.94. The van der Waals surface area contributed by atoms with Gasteiger partial charge < -0.3 is 0 Å². The fourth-order valence-electron chi connectivity index (χ4n) is 0.0329. The maximum absolute atomic E-state index is 11.0. The molecule has 0 radical (unpaired) electrons. The quantitative estimate of drug-likeness (QED) is 0.593. The summed E-state index contributed by atoms with van der Waals surface area (Å²) < 4.78 is 11.0. The third-order valence-corrected chi connectivity index (χ3v) is 2.13. The molecule has 5 heavy (non-hydrogen) atoms. The van der Waals surface area contributed by atoms with Gasteiger partial charge in [0.05, 0.1) is 0 Å². The second-order valence-corrected chi connectivity index (χ2v) is 3.24. The summed E-state index contributed by atoms with van der Waals surface area (Å²) in [6, 6.07) is 0. The molecule has 0 aromatic rings. The van der Waals surface area contributed by atoms with Crippen LogP contribution in [0.2, 0.25) is 0 Å². The van der Waals surface area contributed by atoms with Gasteiger partial charge in [-0.2, -0.15) is 0 Å². The molecule has 0 unspecified atom stereocenters. The molecule has 0 bridgehead atoms. The summed E-state index contributed by atoms with van der Waals surface area (Å²) in [6.07, 6.45) is 0. The van der Waals surface area contributed by atoms with Gasteiger partial charge >= 0.3 is 43.9 Å².